The van der Waals surface area contributed by atoms with Crippen LogP contribution in [0.1, 0.15) is 43.4 Å². The molecular formula is C28H33ClN2. The highest BCUT2D eigenvalue weighted by atomic mass is 35.5. The largest absolute Gasteiger partial charge is 0.385 e. The van der Waals surface area contributed by atoms with Gasteiger partial charge in [-0.2, -0.15) is 0 Å². The molecule has 0 heterocycles. The van der Waals surface area contributed by atoms with E-state index in [0.717, 1.165) is 52.6 Å². The molecule has 0 amide bonds. The lowest BCUT2D eigenvalue weighted by molar-refractivity contribution is 0.298. The van der Waals surface area contributed by atoms with Gasteiger partial charge in [0.2, 0.25) is 0 Å². The molecule has 0 radical (unpaired) electrons. The Hall–Kier alpha value is -2.55. The summed E-state index contributed by atoms with van der Waals surface area (Å²) in [6, 6.07) is 29.2. The maximum atomic E-state index is 6.91. The zero-order valence-electron chi connectivity index (χ0n) is 18.7. The smallest absolute Gasteiger partial charge is 0.0562 e. The number of halogens is 1. The number of rotatable bonds is 11. The number of hydrogen-bond donors (Lipinski definition) is 1. The van der Waals surface area contributed by atoms with Crippen LogP contribution in [0.25, 0.3) is 10.6 Å². The van der Waals surface area contributed by atoms with E-state index in [2.05, 4.69) is 84.7 Å². The van der Waals surface area contributed by atoms with Crippen LogP contribution in [0.5, 0.6) is 0 Å². The molecular weight excluding hydrogens is 400 g/mol. The van der Waals surface area contributed by atoms with Crippen LogP contribution in [0.15, 0.2) is 84.9 Å². The molecule has 1 N–H and O–H groups in total. The molecule has 0 aliphatic carbocycles. The molecule has 3 heteroatoms. The first-order chi connectivity index (χ1) is 15.2. The highest BCUT2D eigenvalue weighted by molar-refractivity contribution is 6.53. The molecule has 3 rings (SSSR count). The second-order valence-electron chi connectivity index (χ2n) is 7.66. The number of nitrogens with one attached hydrogen (secondary N) is 1. The summed E-state index contributed by atoms with van der Waals surface area (Å²) in [5.41, 5.74) is 5.47. The highest BCUT2D eigenvalue weighted by Crippen LogP contribution is 2.35. The summed E-state index contributed by atoms with van der Waals surface area (Å²) in [7, 11) is 0. The quantitative estimate of drug-likeness (QED) is 0.251. The van der Waals surface area contributed by atoms with Crippen molar-refractivity contribution >= 4 is 27.9 Å². The molecule has 31 heavy (non-hydrogen) atoms. The van der Waals surface area contributed by atoms with Gasteiger partial charge in [0.25, 0.3) is 0 Å². The van der Waals surface area contributed by atoms with Crippen LogP contribution in [0.4, 0.5) is 5.69 Å². The van der Waals surface area contributed by atoms with Crippen molar-refractivity contribution in [2.24, 2.45) is 0 Å². The number of nitrogens with zero attached hydrogens (tertiary/aromatic N) is 1. The summed E-state index contributed by atoms with van der Waals surface area (Å²) in [4.78, 5) is 2.47. The minimum absolute atomic E-state index is 0.768. The fraction of sp³-hybridized carbons (Fsp3) is 0.286. The van der Waals surface area contributed by atoms with Gasteiger partial charge in [-0.25, -0.2) is 0 Å². The van der Waals surface area contributed by atoms with Crippen molar-refractivity contribution in [3.8, 4) is 0 Å². The van der Waals surface area contributed by atoms with Crippen LogP contribution < -0.4 is 5.32 Å². The van der Waals surface area contributed by atoms with Gasteiger partial charge < -0.3 is 10.2 Å². The van der Waals surface area contributed by atoms with Crippen molar-refractivity contribution < 1.29 is 0 Å². The van der Waals surface area contributed by atoms with Gasteiger partial charge in [-0.1, -0.05) is 98.2 Å². The van der Waals surface area contributed by atoms with Crippen molar-refractivity contribution in [1.82, 2.24) is 4.90 Å². The zero-order chi connectivity index (χ0) is 21.9. The Labute approximate surface area is 192 Å². The predicted molar refractivity (Wildman–Crippen MR) is 137 cm³/mol. The Morgan fingerprint density at radius 1 is 0.710 bits per heavy atom. The topological polar surface area (TPSA) is 15.3 Å². The first-order valence-corrected chi connectivity index (χ1v) is 11.7. The lowest BCUT2D eigenvalue weighted by Gasteiger charge is -2.17. The van der Waals surface area contributed by atoms with Crippen LogP contribution in [0, 0.1) is 0 Å². The van der Waals surface area contributed by atoms with Crippen molar-refractivity contribution in [3.05, 3.63) is 102 Å². The standard InChI is InChI=1S/C28H33ClN2/c1-3-31(4-2)22-12-11-21-30-26-19-17-24(18-20-26)27(23-13-7-5-8-14-23)28(29)25-15-9-6-10-16-25/h5-10,13-20,30H,3-4,11-12,21-22H2,1-2H3/b28-27+. The van der Waals surface area contributed by atoms with E-state index in [0.29, 0.717) is 0 Å². The van der Waals surface area contributed by atoms with Gasteiger partial charge in [0.1, 0.15) is 0 Å². The maximum Gasteiger partial charge on any atom is 0.0562 e. The molecule has 0 bridgehead atoms. The molecule has 3 aromatic carbocycles. The fourth-order valence-electron chi connectivity index (χ4n) is 3.74. The summed E-state index contributed by atoms with van der Waals surface area (Å²) in [5.74, 6) is 0. The minimum atomic E-state index is 0.768. The normalized spacial score (nSPS) is 12.0. The Morgan fingerprint density at radius 2 is 1.26 bits per heavy atom. The van der Waals surface area contributed by atoms with Gasteiger partial charge in [-0.05, 0) is 61.3 Å². The monoisotopic (exact) mass is 432 g/mol. The minimum Gasteiger partial charge on any atom is -0.385 e. The summed E-state index contributed by atoms with van der Waals surface area (Å²) in [6.45, 7) is 8.89. The number of anilines is 1. The second kappa shape index (κ2) is 12.3. The lowest BCUT2D eigenvalue weighted by Crippen LogP contribution is -2.24. The van der Waals surface area contributed by atoms with E-state index in [-0.39, 0.29) is 0 Å². The van der Waals surface area contributed by atoms with Gasteiger partial charge in [0.05, 0.1) is 5.03 Å². The van der Waals surface area contributed by atoms with Crippen LogP contribution in [-0.2, 0) is 0 Å². The number of unbranched alkanes of at least 4 members (excludes halogenated alkanes) is 1. The molecule has 0 unspecified atom stereocenters. The zero-order valence-corrected chi connectivity index (χ0v) is 19.4. The molecule has 0 saturated carbocycles. The predicted octanol–water partition coefficient (Wildman–Crippen LogP) is 7.38. The number of benzene rings is 3. The third-order valence-corrected chi connectivity index (χ3v) is 6.01. The van der Waals surface area contributed by atoms with Gasteiger partial charge in [0, 0.05) is 17.8 Å². The van der Waals surface area contributed by atoms with E-state index in [1.807, 2.05) is 24.3 Å². The summed E-state index contributed by atoms with van der Waals surface area (Å²) < 4.78 is 0. The van der Waals surface area contributed by atoms with E-state index in [1.54, 1.807) is 0 Å². The molecule has 3 aromatic rings. The molecule has 0 fully saturated rings. The second-order valence-corrected chi connectivity index (χ2v) is 8.04. The SMILES string of the molecule is CCN(CC)CCCCNc1ccc(/C(=C(/Cl)c2ccccc2)c2ccccc2)cc1. The van der Waals surface area contributed by atoms with Crippen LogP contribution >= 0.6 is 11.6 Å². The average molecular weight is 433 g/mol. The van der Waals surface area contributed by atoms with Crippen molar-refractivity contribution in [1.29, 1.82) is 0 Å². The van der Waals surface area contributed by atoms with Crippen LogP contribution in [0.3, 0.4) is 0 Å². The first kappa shape index (κ1) is 23.1. The molecule has 0 spiro atoms. The summed E-state index contributed by atoms with van der Waals surface area (Å²) >= 11 is 6.91. The van der Waals surface area contributed by atoms with E-state index < -0.39 is 0 Å². The Bertz CT molecular complexity index is 930. The van der Waals surface area contributed by atoms with E-state index in [4.69, 9.17) is 11.6 Å². The van der Waals surface area contributed by atoms with Crippen molar-refractivity contribution in [2.75, 3.05) is 31.5 Å². The Kier molecular flexibility index (Phi) is 9.20. The molecule has 0 aromatic heterocycles. The van der Waals surface area contributed by atoms with Crippen molar-refractivity contribution in [2.45, 2.75) is 26.7 Å². The molecule has 0 saturated heterocycles. The van der Waals surface area contributed by atoms with Gasteiger partial charge in [0.15, 0.2) is 0 Å². The van der Waals surface area contributed by atoms with E-state index >= 15 is 0 Å². The maximum absolute atomic E-state index is 6.91. The lowest BCUT2D eigenvalue weighted by atomic mass is 9.95. The fourth-order valence-corrected chi connectivity index (χ4v) is 4.09. The summed E-state index contributed by atoms with van der Waals surface area (Å²) in [6.07, 6.45) is 2.40. The van der Waals surface area contributed by atoms with Crippen LogP contribution in [-0.4, -0.2) is 31.1 Å². The van der Waals surface area contributed by atoms with Crippen LogP contribution in [0.2, 0.25) is 0 Å². The van der Waals surface area contributed by atoms with Gasteiger partial charge >= 0.3 is 0 Å². The van der Waals surface area contributed by atoms with Gasteiger partial charge in [-0.3, -0.25) is 0 Å². The highest BCUT2D eigenvalue weighted by Gasteiger charge is 2.12. The van der Waals surface area contributed by atoms with E-state index in [9.17, 15) is 0 Å². The molecule has 2 nitrogen and oxygen atoms in total. The molecule has 0 aliphatic rings. The Balaban J connectivity index is 1.72. The third-order valence-electron chi connectivity index (χ3n) is 5.61. The van der Waals surface area contributed by atoms with Gasteiger partial charge in [-0.15, -0.1) is 0 Å². The number of hydrogen-bond acceptors (Lipinski definition) is 2. The summed E-state index contributed by atoms with van der Waals surface area (Å²) in [5, 5.41) is 4.32. The average Bonchev–Trinajstić information content (AvgIpc) is 2.83. The molecule has 162 valence electrons. The van der Waals surface area contributed by atoms with Crippen molar-refractivity contribution in [3.63, 3.8) is 0 Å². The Morgan fingerprint density at radius 3 is 1.84 bits per heavy atom. The van der Waals surface area contributed by atoms with E-state index in [1.165, 1.54) is 19.4 Å². The third kappa shape index (κ3) is 6.72. The molecule has 0 aliphatic heterocycles. The first-order valence-electron chi connectivity index (χ1n) is 11.3. The molecule has 0 atom stereocenters.